The van der Waals surface area contributed by atoms with Crippen LogP contribution < -0.4 is 14.8 Å². The maximum Gasteiger partial charge on any atom is 0.416 e. The molecule has 0 unspecified atom stereocenters. The fraction of sp³-hybridized carbons (Fsp3) is 0.0909. The molecule has 1 N–H and O–H groups in total. The van der Waals surface area contributed by atoms with Gasteiger partial charge in [0.25, 0.3) is 0 Å². The molecule has 0 aliphatic carbocycles. The van der Waals surface area contributed by atoms with Crippen LogP contribution in [0.3, 0.4) is 0 Å². The highest BCUT2D eigenvalue weighted by Crippen LogP contribution is 2.36. The van der Waals surface area contributed by atoms with Crippen molar-refractivity contribution in [3.8, 4) is 28.6 Å². The summed E-state index contributed by atoms with van der Waals surface area (Å²) in [5.74, 6) is 1.70. The molecular formula is C22H15F3N4O2. The van der Waals surface area contributed by atoms with E-state index in [1.54, 1.807) is 6.07 Å². The standard InChI is InChI=1S/C22H15F3N4O2/c23-22(24,25)14-4-3-5-16(10-14)29-12-26-21(28-29)17-6-1-2-7-18(17)27-15-8-9-19-20(11-15)31-13-30-19/h1-12,27H,13H2. The van der Waals surface area contributed by atoms with Crippen LogP contribution in [0, 0.1) is 0 Å². The van der Waals surface area contributed by atoms with Crippen LogP contribution in [0.15, 0.2) is 73.1 Å². The van der Waals surface area contributed by atoms with E-state index in [0.717, 1.165) is 23.5 Å². The Morgan fingerprint density at radius 1 is 0.903 bits per heavy atom. The molecule has 0 bridgehead atoms. The van der Waals surface area contributed by atoms with Gasteiger partial charge in [-0.05, 0) is 42.5 Å². The van der Waals surface area contributed by atoms with Crippen molar-refractivity contribution in [2.75, 3.05) is 12.1 Å². The molecule has 0 amide bonds. The number of anilines is 2. The Bertz CT molecular complexity index is 1250. The number of hydrogen-bond donors (Lipinski definition) is 1. The molecule has 1 aliphatic heterocycles. The van der Waals surface area contributed by atoms with Crippen LogP contribution in [-0.4, -0.2) is 21.6 Å². The minimum absolute atomic E-state index is 0.187. The zero-order valence-corrected chi connectivity index (χ0v) is 15.9. The van der Waals surface area contributed by atoms with Crippen LogP contribution in [0.1, 0.15) is 5.56 Å². The minimum atomic E-state index is -4.43. The van der Waals surface area contributed by atoms with Crippen molar-refractivity contribution in [3.05, 3.63) is 78.6 Å². The second kappa shape index (κ2) is 7.35. The van der Waals surface area contributed by atoms with Crippen molar-refractivity contribution in [1.82, 2.24) is 14.8 Å². The SMILES string of the molecule is FC(F)(F)c1cccc(-n2cnc(-c3ccccc3Nc3ccc4c(c3)OCO4)n2)c1. The molecule has 1 aliphatic rings. The molecule has 3 aromatic carbocycles. The molecule has 9 heteroatoms. The highest BCUT2D eigenvalue weighted by Gasteiger charge is 2.30. The number of halogens is 3. The smallest absolute Gasteiger partial charge is 0.416 e. The number of benzene rings is 3. The first kappa shape index (κ1) is 19.0. The molecule has 0 fully saturated rings. The lowest BCUT2D eigenvalue weighted by atomic mass is 10.1. The van der Waals surface area contributed by atoms with Gasteiger partial charge < -0.3 is 14.8 Å². The molecule has 4 aromatic rings. The average Bonchev–Trinajstić information content (AvgIpc) is 3.43. The third kappa shape index (κ3) is 3.77. The van der Waals surface area contributed by atoms with Crippen LogP contribution >= 0.6 is 0 Å². The molecular weight excluding hydrogens is 409 g/mol. The van der Waals surface area contributed by atoms with Crippen molar-refractivity contribution in [3.63, 3.8) is 0 Å². The number of ether oxygens (including phenoxy) is 2. The van der Waals surface area contributed by atoms with Crippen molar-refractivity contribution in [2.24, 2.45) is 0 Å². The molecule has 1 aromatic heterocycles. The molecule has 0 saturated carbocycles. The number of alkyl halides is 3. The summed E-state index contributed by atoms with van der Waals surface area (Å²) in [6.07, 6.45) is -3.04. The van der Waals surface area contributed by atoms with Gasteiger partial charge in [0.1, 0.15) is 6.33 Å². The number of nitrogens with zero attached hydrogens (tertiary/aromatic N) is 3. The van der Waals surface area contributed by atoms with E-state index in [9.17, 15) is 13.2 Å². The summed E-state index contributed by atoms with van der Waals surface area (Å²) < 4.78 is 51.1. The molecule has 0 saturated heterocycles. The first-order valence-electron chi connectivity index (χ1n) is 9.33. The lowest BCUT2D eigenvalue weighted by molar-refractivity contribution is -0.137. The Labute approximate surface area is 174 Å². The highest BCUT2D eigenvalue weighted by atomic mass is 19.4. The predicted octanol–water partition coefficient (Wildman–Crippen LogP) is 5.43. The molecule has 6 nitrogen and oxygen atoms in total. The Morgan fingerprint density at radius 3 is 2.61 bits per heavy atom. The lowest BCUT2D eigenvalue weighted by Gasteiger charge is -2.11. The summed E-state index contributed by atoms with van der Waals surface area (Å²) in [6, 6.07) is 17.8. The Kier molecular flexibility index (Phi) is 4.50. The van der Waals surface area contributed by atoms with E-state index in [1.165, 1.54) is 17.1 Å². The Balaban J connectivity index is 1.45. The van der Waals surface area contributed by atoms with Crippen LogP contribution in [0.2, 0.25) is 0 Å². The fourth-order valence-electron chi connectivity index (χ4n) is 3.25. The third-order valence-electron chi connectivity index (χ3n) is 4.75. The van der Waals surface area contributed by atoms with E-state index in [1.807, 2.05) is 42.5 Å². The number of fused-ring (bicyclic) bond motifs is 1. The van der Waals surface area contributed by atoms with E-state index in [4.69, 9.17) is 9.47 Å². The van der Waals surface area contributed by atoms with Crippen molar-refractivity contribution < 1.29 is 22.6 Å². The van der Waals surface area contributed by atoms with Crippen molar-refractivity contribution in [1.29, 1.82) is 0 Å². The summed E-state index contributed by atoms with van der Waals surface area (Å²) in [5, 5.41) is 7.69. The van der Waals surface area contributed by atoms with E-state index in [2.05, 4.69) is 15.4 Å². The maximum absolute atomic E-state index is 13.0. The van der Waals surface area contributed by atoms with Gasteiger partial charge in [0, 0.05) is 23.0 Å². The van der Waals surface area contributed by atoms with Gasteiger partial charge in [-0.1, -0.05) is 18.2 Å². The van der Waals surface area contributed by atoms with E-state index in [0.29, 0.717) is 22.9 Å². The quantitative estimate of drug-likeness (QED) is 0.474. The monoisotopic (exact) mass is 424 g/mol. The Morgan fingerprint density at radius 2 is 1.74 bits per heavy atom. The van der Waals surface area contributed by atoms with Gasteiger partial charge in [-0.2, -0.15) is 13.2 Å². The fourth-order valence-corrected chi connectivity index (χ4v) is 3.25. The van der Waals surface area contributed by atoms with Crippen LogP contribution in [0.4, 0.5) is 24.5 Å². The molecule has 31 heavy (non-hydrogen) atoms. The number of rotatable bonds is 4. The summed E-state index contributed by atoms with van der Waals surface area (Å²) in [4.78, 5) is 4.30. The summed E-state index contributed by atoms with van der Waals surface area (Å²) in [5.41, 5.74) is 1.75. The molecule has 0 radical (unpaired) electrons. The van der Waals surface area contributed by atoms with Gasteiger partial charge in [-0.3, -0.25) is 0 Å². The summed E-state index contributed by atoms with van der Waals surface area (Å²) in [7, 11) is 0. The van der Waals surface area contributed by atoms with Crippen molar-refractivity contribution >= 4 is 11.4 Å². The lowest BCUT2D eigenvalue weighted by Crippen LogP contribution is -2.06. The van der Waals surface area contributed by atoms with E-state index < -0.39 is 11.7 Å². The average molecular weight is 424 g/mol. The first-order valence-corrected chi connectivity index (χ1v) is 9.33. The summed E-state index contributed by atoms with van der Waals surface area (Å²) >= 11 is 0. The first-order chi connectivity index (χ1) is 15.0. The van der Waals surface area contributed by atoms with Gasteiger partial charge in [0.2, 0.25) is 6.79 Å². The van der Waals surface area contributed by atoms with Gasteiger partial charge >= 0.3 is 6.18 Å². The third-order valence-corrected chi connectivity index (χ3v) is 4.75. The highest BCUT2D eigenvalue weighted by molar-refractivity contribution is 5.78. The van der Waals surface area contributed by atoms with Crippen LogP contribution in [0.25, 0.3) is 17.1 Å². The van der Waals surface area contributed by atoms with E-state index in [-0.39, 0.29) is 12.5 Å². The number of hydrogen-bond acceptors (Lipinski definition) is 5. The van der Waals surface area contributed by atoms with Crippen LogP contribution in [-0.2, 0) is 6.18 Å². The number of nitrogens with one attached hydrogen (secondary N) is 1. The van der Waals surface area contributed by atoms with Gasteiger partial charge in [0.05, 0.1) is 11.3 Å². The number of para-hydroxylation sites is 1. The maximum atomic E-state index is 13.0. The van der Waals surface area contributed by atoms with E-state index >= 15 is 0 Å². The largest absolute Gasteiger partial charge is 0.454 e. The number of aromatic nitrogens is 3. The van der Waals surface area contributed by atoms with Gasteiger partial charge in [0.15, 0.2) is 17.3 Å². The van der Waals surface area contributed by atoms with Gasteiger partial charge in [-0.25, -0.2) is 9.67 Å². The van der Waals surface area contributed by atoms with Crippen molar-refractivity contribution in [2.45, 2.75) is 6.18 Å². The second-order valence-corrected chi connectivity index (χ2v) is 6.80. The predicted molar refractivity (Wildman–Crippen MR) is 108 cm³/mol. The zero-order chi connectivity index (χ0) is 21.4. The summed E-state index contributed by atoms with van der Waals surface area (Å²) in [6.45, 7) is 0.187. The molecule has 2 heterocycles. The molecule has 5 rings (SSSR count). The van der Waals surface area contributed by atoms with Gasteiger partial charge in [-0.15, -0.1) is 5.10 Å². The normalized spacial score (nSPS) is 12.7. The molecule has 0 spiro atoms. The zero-order valence-electron chi connectivity index (χ0n) is 15.9. The van der Waals surface area contributed by atoms with Crippen LogP contribution in [0.5, 0.6) is 11.5 Å². The molecule has 0 atom stereocenters. The Hall–Kier alpha value is -4.01. The topological polar surface area (TPSA) is 61.2 Å². The molecule has 156 valence electrons. The minimum Gasteiger partial charge on any atom is -0.454 e. The second-order valence-electron chi connectivity index (χ2n) is 6.80.